The summed E-state index contributed by atoms with van der Waals surface area (Å²) in [5.74, 6) is -0.424. The first-order chi connectivity index (χ1) is 8.84. The van der Waals surface area contributed by atoms with Gasteiger partial charge in [0.2, 0.25) is 5.95 Å². The Morgan fingerprint density at radius 3 is 2.74 bits per heavy atom. The van der Waals surface area contributed by atoms with Crippen molar-refractivity contribution in [1.82, 2.24) is 9.55 Å². The van der Waals surface area contributed by atoms with Crippen LogP contribution in [0.4, 0.5) is 5.95 Å². The van der Waals surface area contributed by atoms with Crippen molar-refractivity contribution in [3.8, 4) is 0 Å². The molecule has 0 spiro atoms. The van der Waals surface area contributed by atoms with E-state index in [1.807, 2.05) is 0 Å². The number of fused-ring (bicyclic) bond motifs is 1. The summed E-state index contributed by atoms with van der Waals surface area (Å²) in [4.78, 5) is 15.4. The Bertz CT molecular complexity index is 749. The van der Waals surface area contributed by atoms with Crippen LogP contribution in [0.1, 0.15) is 0 Å². The summed E-state index contributed by atoms with van der Waals surface area (Å²) < 4.78 is 29.3. The number of benzene rings is 1. The van der Waals surface area contributed by atoms with Gasteiger partial charge < -0.3 is 10.5 Å². The second kappa shape index (κ2) is 4.54. The largest absolute Gasteiger partial charge is 0.468 e. The fourth-order valence-electron chi connectivity index (χ4n) is 1.80. The molecule has 0 unspecified atom stereocenters. The van der Waals surface area contributed by atoms with Crippen LogP contribution in [0.25, 0.3) is 11.0 Å². The first-order valence-electron chi connectivity index (χ1n) is 5.36. The zero-order valence-electron chi connectivity index (χ0n) is 10.5. The summed E-state index contributed by atoms with van der Waals surface area (Å²) >= 11 is 0. The average molecular weight is 283 g/mol. The zero-order chi connectivity index (χ0) is 14.2. The van der Waals surface area contributed by atoms with Crippen LogP contribution in [0.3, 0.4) is 0 Å². The fraction of sp³-hybridized carbons (Fsp3) is 0.273. The molecule has 0 aliphatic heterocycles. The Morgan fingerprint density at radius 1 is 1.47 bits per heavy atom. The van der Waals surface area contributed by atoms with Crippen LogP contribution in [-0.4, -0.2) is 37.3 Å². The Morgan fingerprint density at radius 2 is 2.16 bits per heavy atom. The number of hydrogen-bond donors (Lipinski definition) is 1. The van der Waals surface area contributed by atoms with Gasteiger partial charge in [0, 0.05) is 6.26 Å². The van der Waals surface area contributed by atoms with Gasteiger partial charge in [0.25, 0.3) is 0 Å². The average Bonchev–Trinajstić information content (AvgIpc) is 2.64. The molecule has 0 saturated carbocycles. The van der Waals surface area contributed by atoms with Crippen LogP contribution in [0.5, 0.6) is 0 Å². The summed E-state index contributed by atoms with van der Waals surface area (Å²) in [6.07, 6.45) is 1.09. The molecule has 0 bridgehead atoms. The van der Waals surface area contributed by atoms with Crippen molar-refractivity contribution in [2.24, 2.45) is 0 Å². The van der Waals surface area contributed by atoms with E-state index in [4.69, 9.17) is 5.73 Å². The number of anilines is 1. The standard InChI is InChI=1S/C11H13N3O4S/c1-18-9(15)6-14-7-4-3-5-8(19(2,16)17)10(7)13-11(14)12/h3-5H,6H2,1-2H3,(H2,12,13). The lowest BCUT2D eigenvalue weighted by Gasteiger charge is -2.05. The minimum atomic E-state index is -3.41. The van der Waals surface area contributed by atoms with Crippen LogP contribution < -0.4 is 5.73 Å². The van der Waals surface area contributed by atoms with Crippen LogP contribution in [0, 0.1) is 0 Å². The summed E-state index contributed by atoms with van der Waals surface area (Å²) in [6, 6.07) is 4.68. The highest BCUT2D eigenvalue weighted by Gasteiger charge is 2.18. The predicted octanol–water partition coefficient (Wildman–Crippen LogP) is 0.195. The molecular weight excluding hydrogens is 270 g/mol. The Hall–Kier alpha value is -2.09. The monoisotopic (exact) mass is 283 g/mol. The van der Waals surface area contributed by atoms with Crippen LogP contribution in [0.2, 0.25) is 0 Å². The number of nitrogen functional groups attached to an aromatic ring is 1. The second-order valence-electron chi connectivity index (χ2n) is 4.03. The fourth-order valence-corrected chi connectivity index (χ4v) is 2.63. The minimum Gasteiger partial charge on any atom is -0.468 e. The molecule has 0 aliphatic rings. The van der Waals surface area contributed by atoms with Crippen molar-refractivity contribution in [2.75, 3.05) is 19.1 Å². The lowest BCUT2D eigenvalue weighted by molar-refractivity contribution is -0.141. The number of hydrogen-bond acceptors (Lipinski definition) is 6. The van der Waals surface area contributed by atoms with Crippen LogP contribution in [0.15, 0.2) is 23.1 Å². The maximum Gasteiger partial charge on any atom is 0.325 e. The van der Waals surface area contributed by atoms with Gasteiger partial charge in [-0.1, -0.05) is 6.07 Å². The third kappa shape index (κ3) is 2.39. The van der Waals surface area contributed by atoms with Gasteiger partial charge in [0.1, 0.15) is 12.1 Å². The summed E-state index contributed by atoms with van der Waals surface area (Å²) in [5, 5.41) is 0. The molecule has 1 aromatic carbocycles. The molecule has 0 fully saturated rings. The Labute approximate surface area is 109 Å². The molecule has 1 aromatic heterocycles. The van der Waals surface area contributed by atoms with Crippen molar-refractivity contribution in [1.29, 1.82) is 0 Å². The minimum absolute atomic E-state index is 0.0662. The molecule has 2 rings (SSSR count). The summed E-state index contributed by atoms with van der Waals surface area (Å²) in [7, 11) is -2.15. The lowest BCUT2D eigenvalue weighted by atomic mass is 10.3. The Balaban J connectivity index is 2.69. The molecule has 19 heavy (non-hydrogen) atoms. The van der Waals surface area contributed by atoms with Crippen molar-refractivity contribution in [3.05, 3.63) is 18.2 Å². The molecule has 1 heterocycles. The quantitative estimate of drug-likeness (QED) is 0.807. The van der Waals surface area contributed by atoms with E-state index in [0.29, 0.717) is 5.52 Å². The number of methoxy groups -OCH3 is 1. The first kappa shape index (κ1) is 13.3. The number of ether oxygens (including phenoxy) is 1. The molecule has 2 aromatic rings. The third-order valence-corrected chi connectivity index (χ3v) is 3.81. The summed E-state index contributed by atoms with van der Waals surface area (Å²) in [5.41, 5.74) is 6.45. The van der Waals surface area contributed by atoms with E-state index in [-0.39, 0.29) is 22.9 Å². The number of nitrogens with two attached hydrogens (primary N) is 1. The van der Waals surface area contributed by atoms with Crippen molar-refractivity contribution < 1.29 is 17.9 Å². The zero-order valence-corrected chi connectivity index (χ0v) is 11.3. The molecule has 0 atom stereocenters. The van der Waals surface area contributed by atoms with Crippen molar-refractivity contribution in [2.45, 2.75) is 11.4 Å². The smallest absolute Gasteiger partial charge is 0.325 e. The second-order valence-corrected chi connectivity index (χ2v) is 6.01. The number of aromatic nitrogens is 2. The first-order valence-corrected chi connectivity index (χ1v) is 7.25. The molecule has 8 heteroatoms. The highest BCUT2D eigenvalue weighted by Crippen LogP contribution is 2.24. The number of imidazole rings is 1. The van der Waals surface area contributed by atoms with Gasteiger partial charge in [0.05, 0.1) is 17.5 Å². The van der Waals surface area contributed by atoms with Crippen molar-refractivity contribution >= 4 is 32.8 Å². The number of para-hydroxylation sites is 1. The van der Waals surface area contributed by atoms with E-state index in [0.717, 1.165) is 6.26 Å². The van der Waals surface area contributed by atoms with E-state index in [1.54, 1.807) is 12.1 Å². The molecule has 2 N–H and O–H groups in total. The third-order valence-electron chi connectivity index (χ3n) is 2.69. The number of rotatable bonds is 3. The van der Waals surface area contributed by atoms with Gasteiger partial charge in [0.15, 0.2) is 9.84 Å². The number of nitrogens with zero attached hydrogens (tertiary/aromatic N) is 2. The van der Waals surface area contributed by atoms with Gasteiger partial charge >= 0.3 is 5.97 Å². The number of carbonyl (C=O) groups is 1. The van der Waals surface area contributed by atoms with E-state index < -0.39 is 15.8 Å². The van der Waals surface area contributed by atoms with Gasteiger partial charge in [-0.3, -0.25) is 9.36 Å². The normalized spacial score (nSPS) is 11.7. The van der Waals surface area contributed by atoms with E-state index in [1.165, 1.54) is 17.7 Å². The number of sulfone groups is 1. The molecule has 7 nitrogen and oxygen atoms in total. The van der Waals surface area contributed by atoms with Crippen LogP contribution >= 0.6 is 0 Å². The highest BCUT2D eigenvalue weighted by atomic mass is 32.2. The van der Waals surface area contributed by atoms with Gasteiger partial charge in [-0.2, -0.15) is 0 Å². The SMILES string of the molecule is COC(=O)Cn1c(N)nc2c(S(C)(=O)=O)cccc21. The lowest BCUT2D eigenvalue weighted by Crippen LogP contribution is -2.13. The number of esters is 1. The Kier molecular flexibility index (Phi) is 3.19. The van der Waals surface area contributed by atoms with E-state index in [2.05, 4.69) is 9.72 Å². The molecule has 0 aliphatic carbocycles. The number of carbonyl (C=O) groups excluding carboxylic acids is 1. The van der Waals surface area contributed by atoms with E-state index >= 15 is 0 Å². The van der Waals surface area contributed by atoms with Gasteiger partial charge in [-0.15, -0.1) is 0 Å². The predicted molar refractivity (Wildman–Crippen MR) is 69.3 cm³/mol. The topological polar surface area (TPSA) is 104 Å². The van der Waals surface area contributed by atoms with E-state index in [9.17, 15) is 13.2 Å². The van der Waals surface area contributed by atoms with Crippen molar-refractivity contribution in [3.63, 3.8) is 0 Å². The van der Waals surface area contributed by atoms with Gasteiger partial charge in [-0.05, 0) is 12.1 Å². The molecular formula is C11H13N3O4S. The maximum atomic E-state index is 11.7. The van der Waals surface area contributed by atoms with Gasteiger partial charge in [-0.25, -0.2) is 13.4 Å². The molecule has 0 saturated heterocycles. The summed E-state index contributed by atoms with van der Waals surface area (Å²) in [6.45, 7) is -0.119. The molecule has 0 amide bonds. The molecule has 0 radical (unpaired) electrons. The highest BCUT2D eigenvalue weighted by molar-refractivity contribution is 7.91. The molecule has 102 valence electrons. The van der Waals surface area contributed by atoms with Crippen LogP contribution in [-0.2, 0) is 25.9 Å². The maximum absolute atomic E-state index is 11.7.